The molecule has 0 aliphatic carbocycles. The first-order valence-corrected chi connectivity index (χ1v) is 9.52. The van der Waals surface area contributed by atoms with E-state index in [0.29, 0.717) is 28.1 Å². The van der Waals surface area contributed by atoms with E-state index in [2.05, 4.69) is 4.98 Å². The van der Waals surface area contributed by atoms with E-state index < -0.39 is 12.0 Å². The predicted octanol–water partition coefficient (Wildman–Crippen LogP) is 2.79. The number of nitrogens with one attached hydrogen (secondary N) is 1. The first kappa shape index (κ1) is 23.2. The molecule has 0 saturated heterocycles. The van der Waals surface area contributed by atoms with Crippen molar-refractivity contribution in [2.45, 2.75) is 26.8 Å². The monoisotopic (exact) mass is 416 g/mol. The van der Waals surface area contributed by atoms with E-state index in [9.17, 15) is 14.4 Å². The minimum absolute atomic E-state index is 0.232. The summed E-state index contributed by atoms with van der Waals surface area (Å²) in [7, 11) is 4.36. The lowest BCUT2D eigenvalue weighted by Crippen LogP contribution is -2.45. The highest BCUT2D eigenvalue weighted by atomic mass is 16.5. The number of benzene rings is 1. The van der Waals surface area contributed by atoms with Gasteiger partial charge in [0, 0.05) is 30.5 Å². The maximum Gasteiger partial charge on any atom is 0.354 e. The summed E-state index contributed by atoms with van der Waals surface area (Å²) < 4.78 is 15.0. The lowest BCUT2D eigenvalue weighted by Gasteiger charge is -2.28. The van der Waals surface area contributed by atoms with Gasteiger partial charge in [0.15, 0.2) is 5.78 Å². The molecule has 1 heterocycles. The zero-order chi connectivity index (χ0) is 22.4. The van der Waals surface area contributed by atoms with Gasteiger partial charge in [-0.15, -0.1) is 0 Å². The molecule has 0 saturated carbocycles. The van der Waals surface area contributed by atoms with Crippen molar-refractivity contribution in [3.63, 3.8) is 0 Å². The van der Waals surface area contributed by atoms with E-state index in [4.69, 9.17) is 14.2 Å². The van der Waals surface area contributed by atoms with Crippen molar-refractivity contribution in [1.82, 2.24) is 9.88 Å². The Labute approximate surface area is 176 Å². The second-order valence-corrected chi connectivity index (χ2v) is 6.88. The number of Topliss-reactive ketones (excluding diaryl/α,β-unsaturated/α-hetero) is 1. The third-order valence-corrected chi connectivity index (χ3v) is 5.05. The molecule has 2 rings (SSSR count). The number of hydrogen-bond acceptors (Lipinski definition) is 6. The van der Waals surface area contributed by atoms with Crippen molar-refractivity contribution in [1.29, 1.82) is 0 Å². The van der Waals surface area contributed by atoms with Gasteiger partial charge in [-0.05, 0) is 50.6 Å². The fraction of sp³-hybridized carbons (Fsp3) is 0.409. The third kappa shape index (κ3) is 4.71. The number of hydrogen-bond donors (Lipinski definition) is 1. The number of aromatic nitrogens is 1. The van der Waals surface area contributed by atoms with Crippen molar-refractivity contribution < 1.29 is 28.6 Å². The Morgan fingerprint density at radius 2 is 1.70 bits per heavy atom. The van der Waals surface area contributed by atoms with E-state index in [1.807, 2.05) is 0 Å². The molecular weight excluding hydrogens is 388 g/mol. The zero-order valence-electron chi connectivity index (χ0n) is 18.2. The van der Waals surface area contributed by atoms with E-state index in [0.717, 1.165) is 0 Å². The van der Waals surface area contributed by atoms with Gasteiger partial charge in [0.1, 0.15) is 11.4 Å². The van der Waals surface area contributed by atoms with Crippen molar-refractivity contribution in [2.75, 3.05) is 34.5 Å². The number of rotatable bonds is 9. The molecule has 0 bridgehead atoms. The van der Waals surface area contributed by atoms with Gasteiger partial charge < -0.3 is 24.1 Å². The number of nitrogens with zero attached hydrogens (tertiary/aromatic N) is 1. The smallest absolute Gasteiger partial charge is 0.354 e. The number of carbonyl (C=O) groups excluding carboxylic acids is 3. The number of carbonyl (C=O) groups is 3. The molecule has 0 spiro atoms. The summed E-state index contributed by atoms with van der Waals surface area (Å²) in [4.78, 5) is 42.8. The van der Waals surface area contributed by atoms with Crippen LogP contribution in [0.2, 0.25) is 0 Å². The lowest BCUT2D eigenvalue weighted by atomic mass is 9.99. The molecule has 8 heteroatoms. The Morgan fingerprint density at radius 1 is 1.07 bits per heavy atom. The molecule has 1 N–H and O–H groups in total. The van der Waals surface area contributed by atoms with E-state index in [-0.39, 0.29) is 30.5 Å². The molecule has 0 aliphatic heterocycles. The van der Waals surface area contributed by atoms with Gasteiger partial charge in [0.05, 0.1) is 26.9 Å². The number of H-pyrrole nitrogens is 1. The zero-order valence-corrected chi connectivity index (χ0v) is 18.2. The van der Waals surface area contributed by atoms with Crippen molar-refractivity contribution in [3.8, 4) is 5.75 Å². The minimum atomic E-state index is -0.770. The molecule has 1 amide bonds. The Bertz CT molecular complexity index is 916. The average Bonchev–Trinajstić information content (AvgIpc) is 3.06. The molecule has 162 valence electrons. The fourth-order valence-electron chi connectivity index (χ4n) is 3.34. The van der Waals surface area contributed by atoms with Crippen LogP contribution in [0.3, 0.4) is 0 Å². The summed E-state index contributed by atoms with van der Waals surface area (Å²) >= 11 is 0. The van der Waals surface area contributed by atoms with Crippen LogP contribution in [0, 0.1) is 13.8 Å². The molecular formula is C22H28N2O6. The number of aryl methyl sites for hydroxylation is 1. The molecule has 2 aromatic rings. The van der Waals surface area contributed by atoms with E-state index >= 15 is 0 Å². The van der Waals surface area contributed by atoms with E-state index in [1.165, 1.54) is 19.1 Å². The van der Waals surface area contributed by atoms with Gasteiger partial charge in [-0.3, -0.25) is 9.59 Å². The summed E-state index contributed by atoms with van der Waals surface area (Å²) in [6.07, 6.45) is 0. The van der Waals surface area contributed by atoms with E-state index in [1.54, 1.807) is 52.1 Å². The van der Waals surface area contributed by atoms with Gasteiger partial charge in [-0.25, -0.2) is 4.79 Å². The van der Waals surface area contributed by atoms with Gasteiger partial charge >= 0.3 is 5.97 Å². The molecule has 0 fully saturated rings. The lowest BCUT2D eigenvalue weighted by molar-refractivity contribution is 0.0563. The summed E-state index contributed by atoms with van der Waals surface area (Å²) in [6, 6.07) is 5.92. The molecule has 0 radical (unpaired) electrons. The third-order valence-electron chi connectivity index (χ3n) is 5.05. The van der Waals surface area contributed by atoms with Crippen LogP contribution in [0.15, 0.2) is 24.3 Å². The quantitative estimate of drug-likeness (QED) is 0.499. The Hall–Kier alpha value is -3.13. The second kappa shape index (κ2) is 10.1. The Kier molecular flexibility index (Phi) is 7.77. The first-order chi connectivity index (χ1) is 14.3. The summed E-state index contributed by atoms with van der Waals surface area (Å²) in [5, 5.41) is 0. The highest BCUT2D eigenvalue weighted by Gasteiger charge is 2.31. The van der Waals surface area contributed by atoms with Crippen LogP contribution in [-0.4, -0.2) is 68.1 Å². The van der Waals surface area contributed by atoms with Crippen LogP contribution in [0.1, 0.15) is 49.4 Å². The normalized spacial score (nSPS) is 11.7. The molecule has 0 unspecified atom stereocenters. The highest BCUT2D eigenvalue weighted by Crippen LogP contribution is 2.23. The van der Waals surface area contributed by atoms with Crippen molar-refractivity contribution >= 4 is 17.7 Å². The summed E-state index contributed by atoms with van der Waals surface area (Å²) in [5.41, 5.74) is 2.10. The number of amides is 1. The number of esters is 1. The van der Waals surface area contributed by atoms with Crippen LogP contribution in [0.25, 0.3) is 0 Å². The van der Waals surface area contributed by atoms with Crippen LogP contribution in [-0.2, 0) is 9.47 Å². The molecule has 0 aliphatic rings. The second-order valence-electron chi connectivity index (χ2n) is 6.88. The standard InChI is InChI=1S/C22H28N2O6/c1-13-18(14(2)23-19(13)22(27)30-6)20(25)15(3)24(11-12-28-4)21(26)16-7-9-17(29-5)10-8-16/h7-10,15,23H,11-12H2,1-6H3/t15-/m0/s1. The highest BCUT2D eigenvalue weighted by molar-refractivity contribution is 6.07. The largest absolute Gasteiger partial charge is 0.497 e. The first-order valence-electron chi connectivity index (χ1n) is 9.52. The number of aromatic amines is 1. The molecule has 30 heavy (non-hydrogen) atoms. The van der Waals surface area contributed by atoms with Crippen molar-refractivity contribution in [3.05, 3.63) is 52.3 Å². The van der Waals surface area contributed by atoms with Crippen molar-refractivity contribution in [2.24, 2.45) is 0 Å². The van der Waals surface area contributed by atoms with Crippen LogP contribution in [0.4, 0.5) is 0 Å². The Balaban J connectivity index is 2.37. The maximum absolute atomic E-state index is 13.3. The predicted molar refractivity (Wildman–Crippen MR) is 111 cm³/mol. The fourth-order valence-corrected chi connectivity index (χ4v) is 3.34. The van der Waals surface area contributed by atoms with Gasteiger partial charge in [-0.1, -0.05) is 0 Å². The minimum Gasteiger partial charge on any atom is -0.497 e. The molecule has 8 nitrogen and oxygen atoms in total. The average molecular weight is 416 g/mol. The van der Waals surface area contributed by atoms with Crippen LogP contribution >= 0.6 is 0 Å². The Morgan fingerprint density at radius 3 is 2.23 bits per heavy atom. The SMILES string of the molecule is COCCN(C(=O)c1ccc(OC)cc1)[C@@H](C)C(=O)c1c(C)[nH]c(C(=O)OC)c1C. The molecule has 1 atom stereocenters. The summed E-state index contributed by atoms with van der Waals surface area (Å²) in [6.45, 7) is 5.58. The molecule has 1 aromatic heterocycles. The topological polar surface area (TPSA) is 97.9 Å². The van der Waals surface area contributed by atoms with Crippen LogP contribution < -0.4 is 4.74 Å². The number of ketones is 1. The number of methoxy groups -OCH3 is 3. The maximum atomic E-state index is 13.3. The van der Waals surface area contributed by atoms with Gasteiger partial charge in [0.2, 0.25) is 0 Å². The van der Waals surface area contributed by atoms with Crippen LogP contribution in [0.5, 0.6) is 5.75 Å². The number of ether oxygens (including phenoxy) is 3. The van der Waals surface area contributed by atoms with Gasteiger partial charge in [0.25, 0.3) is 5.91 Å². The van der Waals surface area contributed by atoms with Gasteiger partial charge in [-0.2, -0.15) is 0 Å². The summed E-state index contributed by atoms with van der Waals surface area (Å²) in [5.74, 6) is -0.482. The molecule has 1 aromatic carbocycles.